The van der Waals surface area contributed by atoms with Crippen molar-refractivity contribution in [2.75, 3.05) is 6.54 Å². The fraction of sp³-hybridized carbons (Fsp3) is 0.133. The molecule has 0 aliphatic carbocycles. The molecule has 0 aliphatic rings. The summed E-state index contributed by atoms with van der Waals surface area (Å²) < 4.78 is 0.905. The van der Waals surface area contributed by atoms with Crippen LogP contribution in [-0.2, 0) is 6.42 Å². The molecule has 6 heteroatoms. The van der Waals surface area contributed by atoms with E-state index in [1.165, 1.54) is 12.1 Å². The molecule has 0 saturated heterocycles. The van der Waals surface area contributed by atoms with Crippen LogP contribution in [-0.4, -0.2) is 17.4 Å². The number of non-ortho nitro benzene ring substituents is 1. The summed E-state index contributed by atoms with van der Waals surface area (Å²) >= 11 is 2.12. The zero-order valence-electron chi connectivity index (χ0n) is 11.1. The van der Waals surface area contributed by atoms with Crippen molar-refractivity contribution in [3.63, 3.8) is 0 Å². The second-order valence-electron chi connectivity index (χ2n) is 4.41. The predicted octanol–water partition coefficient (Wildman–Crippen LogP) is 3.17. The zero-order chi connectivity index (χ0) is 15.2. The van der Waals surface area contributed by atoms with Crippen molar-refractivity contribution in [3.05, 3.63) is 73.3 Å². The van der Waals surface area contributed by atoms with Crippen LogP contribution >= 0.6 is 22.6 Å². The number of hydrogen-bond donors (Lipinski definition) is 1. The number of nitrogens with one attached hydrogen (secondary N) is 1. The van der Waals surface area contributed by atoms with Crippen LogP contribution in [0.5, 0.6) is 0 Å². The number of nitro benzene ring substituents is 1. The maximum absolute atomic E-state index is 12.0. The smallest absolute Gasteiger partial charge is 0.269 e. The van der Waals surface area contributed by atoms with Crippen molar-refractivity contribution in [2.45, 2.75) is 6.42 Å². The van der Waals surface area contributed by atoms with Crippen molar-refractivity contribution < 1.29 is 9.72 Å². The number of carbonyl (C=O) groups is 1. The van der Waals surface area contributed by atoms with E-state index < -0.39 is 4.92 Å². The fourth-order valence-corrected chi connectivity index (χ4v) is 2.48. The summed E-state index contributed by atoms with van der Waals surface area (Å²) in [6, 6.07) is 13.7. The molecular weight excluding hydrogens is 383 g/mol. The first-order valence-electron chi connectivity index (χ1n) is 6.34. The number of nitro groups is 1. The molecule has 0 heterocycles. The number of halogens is 1. The first-order chi connectivity index (χ1) is 10.1. The number of rotatable bonds is 5. The Morgan fingerprint density at radius 3 is 2.43 bits per heavy atom. The van der Waals surface area contributed by atoms with E-state index in [0.717, 1.165) is 9.13 Å². The van der Waals surface area contributed by atoms with Gasteiger partial charge in [0.2, 0.25) is 0 Å². The Balaban J connectivity index is 1.88. The Kier molecular flexibility index (Phi) is 5.26. The van der Waals surface area contributed by atoms with Crippen molar-refractivity contribution in [2.24, 2.45) is 0 Å². The van der Waals surface area contributed by atoms with Gasteiger partial charge in [-0.1, -0.05) is 24.3 Å². The normalized spacial score (nSPS) is 10.1. The molecule has 1 amide bonds. The van der Waals surface area contributed by atoms with Crippen molar-refractivity contribution >= 4 is 34.2 Å². The highest BCUT2D eigenvalue weighted by Crippen LogP contribution is 2.13. The average Bonchev–Trinajstić information content (AvgIpc) is 2.48. The molecule has 0 aliphatic heterocycles. The van der Waals surface area contributed by atoms with Crippen LogP contribution in [0.1, 0.15) is 15.9 Å². The molecule has 0 saturated carbocycles. The minimum Gasteiger partial charge on any atom is -0.352 e. The number of amides is 1. The molecule has 0 atom stereocenters. The lowest BCUT2D eigenvalue weighted by atomic mass is 10.1. The summed E-state index contributed by atoms with van der Waals surface area (Å²) in [5.41, 5.74) is 1.67. The van der Waals surface area contributed by atoms with Gasteiger partial charge in [-0.05, 0) is 46.7 Å². The zero-order valence-corrected chi connectivity index (χ0v) is 13.2. The van der Waals surface area contributed by atoms with E-state index in [9.17, 15) is 14.9 Å². The van der Waals surface area contributed by atoms with Crippen LogP contribution in [0.25, 0.3) is 0 Å². The fourth-order valence-electron chi connectivity index (χ4n) is 1.85. The first-order valence-corrected chi connectivity index (χ1v) is 7.42. The monoisotopic (exact) mass is 396 g/mol. The van der Waals surface area contributed by atoms with Crippen LogP contribution in [0.2, 0.25) is 0 Å². The first kappa shape index (κ1) is 15.4. The number of hydrogen-bond acceptors (Lipinski definition) is 3. The van der Waals surface area contributed by atoms with E-state index in [4.69, 9.17) is 0 Å². The topological polar surface area (TPSA) is 72.2 Å². The maximum Gasteiger partial charge on any atom is 0.269 e. The lowest BCUT2D eigenvalue weighted by molar-refractivity contribution is -0.384. The average molecular weight is 396 g/mol. The van der Waals surface area contributed by atoms with E-state index in [1.54, 1.807) is 18.2 Å². The maximum atomic E-state index is 12.0. The summed E-state index contributed by atoms with van der Waals surface area (Å²) in [4.78, 5) is 22.1. The van der Waals surface area contributed by atoms with Crippen LogP contribution in [0.3, 0.4) is 0 Å². The third-order valence-electron chi connectivity index (χ3n) is 2.96. The summed E-state index contributed by atoms with van der Waals surface area (Å²) in [5, 5.41) is 13.4. The van der Waals surface area contributed by atoms with Crippen molar-refractivity contribution in [3.8, 4) is 0 Å². The molecule has 0 spiro atoms. The number of carbonyl (C=O) groups excluding carboxylic acids is 1. The Morgan fingerprint density at radius 2 is 1.81 bits per heavy atom. The molecule has 0 radical (unpaired) electrons. The lowest BCUT2D eigenvalue weighted by Gasteiger charge is -2.06. The molecule has 0 bridgehead atoms. The van der Waals surface area contributed by atoms with Gasteiger partial charge in [0, 0.05) is 22.2 Å². The van der Waals surface area contributed by atoms with Gasteiger partial charge in [-0.25, -0.2) is 0 Å². The molecule has 0 fully saturated rings. The molecule has 0 unspecified atom stereocenters. The van der Waals surface area contributed by atoms with Crippen molar-refractivity contribution in [1.82, 2.24) is 5.32 Å². The van der Waals surface area contributed by atoms with Gasteiger partial charge in [-0.2, -0.15) is 0 Å². The van der Waals surface area contributed by atoms with Crippen LogP contribution in [0.4, 0.5) is 5.69 Å². The summed E-state index contributed by atoms with van der Waals surface area (Å²) in [6.45, 7) is 0.488. The lowest BCUT2D eigenvalue weighted by Crippen LogP contribution is -2.26. The predicted molar refractivity (Wildman–Crippen MR) is 88.3 cm³/mol. The van der Waals surface area contributed by atoms with Gasteiger partial charge < -0.3 is 5.32 Å². The van der Waals surface area contributed by atoms with E-state index >= 15 is 0 Å². The molecular formula is C15H13IN2O3. The summed E-state index contributed by atoms with van der Waals surface area (Å²) in [5.74, 6) is -0.109. The Labute approximate surface area is 135 Å². The van der Waals surface area contributed by atoms with Gasteiger partial charge in [0.15, 0.2) is 0 Å². The third kappa shape index (κ3) is 4.25. The van der Waals surface area contributed by atoms with Gasteiger partial charge in [-0.3, -0.25) is 14.9 Å². The third-order valence-corrected chi connectivity index (χ3v) is 3.91. The quantitative estimate of drug-likeness (QED) is 0.480. The molecule has 0 aromatic heterocycles. The van der Waals surface area contributed by atoms with E-state index in [1.807, 2.05) is 18.2 Å². The van der Waals surface area contributed by atoms with Gasteiger partial charge in [-0.15, -0.1) is 0 Å². The second-order valence-corrected chi connectivity index (χ2v) is 5.57. The summed E-state index contributed by atoms with van der Waals surface area (Å²) in [7, 11) is 0. The van der Waals surface area contributed by atoms with Gasteiger partial charge in [0.25, 0.3) is 11.6 Å². The second kappa shape index (κ2) is 7.16. The highest BCUT2D eigenvalue weighted by Gasteiger charge is 2.08. The standard InChI is InChI=1S/C15H13IN2O3/c16-14-4-2-1-3-13(14)15(19)17-10-9-11-5-7-12(8-6-11)18(20)21/h1-8H,9-10H2,(H,17,19). The number of benzene rings is 2. The molecule has 1 N–H and O–H groups in total. The van der Waals surface area contributed by atoms with E-state index in [-0.39, 0.29) is 11.6 Å². The molecule has 2 rings (SSSR count). The van der Waals surface area contributed by atoms with Crippen molar-refractivity contribution in [1.29, 1.82) is 0 Å². The Hall–Kier alpha value is -1.96. The highest BCUT2D eigenvalue weighted by molar-refractivity contribution is 14.1. The van der Waals surface area contributed by atoms with Crippen LogP contribution in [0, 0.1) is 13.7 Å². The molecule has 108 valence electrons. The van der Waals surface area contributed by atoms with Gasteiger partial charge in [0.1, 0.15) is 0 Å². The Bertz CT molecular complexity index is 656. The molecule has 2 aromatic carbocycles. The summed E-state index contributed by atoms with van der Waals surface area (Å²) in [6.07, 6.45) is 0.632. The highest BCUT2D eigenvalue weighted by atomic mass is 127. The minimum atomic E-state index is -0.428. The van der Waals surface area contributed by atoms with E-state index in [0.29, 0.717) is 18.5 Å². The van der Waals surface area contributed by atoms with Crippen LogP contribution < -0.4 is 5.32 Å². The Morgan fingerprint density at radius 1 is 1.14 bits per heavy atom. The largest absolute Gasteiger partial charge is 0.352 e. The molecule has 5 nitrogen and oxygen atoms in total. The van der Waals surface area contributed by atoms with Gasteiger partial charge >= 0.3 is 0 Å². The number of nitrogens with zero attached hydrogens (tertiary/aromatic N) is 1. The minimum absolute atomic E-state index is 0.0709. The van der Waals surface area contributed by atoms with Gasteiger partial charge in [0.05, 0.1) is 10.5 Å². The van der Waals surface area contributed by atoms with Crippen LogP contribution in [0.15, 0.2) is 48.5 Å². The molecule has 21 heavy (non-hydrogen) atoms. The molecule has 2 aromatic rings. The van der Waals surface area contributed by atoms with E-state index in [2.05, 4.69) is 27.9 Å². The SMILES string of the molecule is O=C(NCCc1ccc([N+](=O)[O-])cc1)c1ccccc1I.